The number of hydrogen-bond donors (Lipinski definition) is 2. The van der Waals surface area contributed by atoms with Gasteiger partial charge in [-0.1, -0.05) is 12.5 Å². The van der Waals surface area contributed by atoms with Crippen LogP contribution in [0, 0.1) is 12.8 Å². The Morgan fingerprint density at radius 2 is 2.17 bits per heavy atom. The highest BCUT2D eigenvalue weighted by Crippen LogP contribution is 2.27. The van der Waals surface area contributed by atoms with E-state index in [1.807, 2.05) is 0 Å². The summed E-state index contributed by atoms with van der Waals surface area (Å²) in [5, 5.41) is 6.99. The summed E-state index contributed by atoms with van der Waals surface area (Å²) in [7, 11) is 2.08. The molecule has 2 atom stereocenters. The van der Waals surface area contributed by atoms with Crippen LogP contribution in [0.15, 0.2) is 22.7 Å². The van der Waals surface area contributed by atoms with Crippen molar-refractivity contribution in [2.24, 2.45) is 5.92 Å². The largest absolute Gasteiger partial charge is 0.384 e. The van der Waals surface area contributed by atoms with Gasteiger partial charge in [-0.15, -0.1) is 0 Å². The molecule has 2 nitrogen and oxygen atoms in total. The summed E-state index contributed by atoms with van der Waals surface area (Å²) in [5.74, 6) is 0.796. The number of aryl methyl sites for hydroxylation is 1. The summed E-state index contributed by atoms with van der Waals surface area (Å²) in [6.45, 7) is 3.20. The molecule has 100 valence electrons. The summed E-state index contributed by atoms with van der Waals surface area (Å²) in [4.78, 5) is 0. The van der Waals surface area contributed by atoms with Crippen LogP contribution in [0.2, 0.25) is 0 Å². The second-order valence-corrected chi connectivity index (χ2v) is 6.24. The lowest BCUT2D eigenvalue weighted by atomic mass is 9.85. The third-order valence-electron chi connectivity index (χ3n) is 3.90. The molecule has 0 aliphatic heterocycles. The van der Waals surface area contributed by atoms with Gasteiger partial charge in [-0.05, 0) is 72.8 Å². The van der Waals surface area contributed by atoms with Crippen molar-refractivity contribution in [3.8, 4) is 0 Å². The molecule has 0 bridgehead atoms. The molecule has 1 aromatic carbocycles. The van der Waals surface area contributed by atoms with Gasteiger partial charge in [-0.3, -0.25) is 0 Å². The molecule has 0 heterocycles. The minimum Gasteiger partial charge on any atom is -0.384 e. The van der Waals surface area contributed by atoms with Crippen molar-refractivity contribution in [2.45, 2.75) is 38.6 Å². The average molecular weight is 311 g/mol. The number of nitrogens with one attached hydrogen (secondary N) is 2. The maximum absolute atomic E-state index is 3.62. The van der Waals surface area contributed by atoms with Crippen LogP contribution < -0.4 is 10.6 Å². The van der Waals surface area contributed by atoms with Crippen molar-refractivity contribution in [3.05, 3.63) is 28.2 Å². The molecule has 2 rings (SSSR count). The molecule has 1 aliphatic carbocycles. The number of hydrogen-bond acceptors (Lipinski definition) is 2. The van der Waals surface area contributed by atoms with Gasteiger partial charge in [0.25, 0.3) is 0 Å². The summed E-state index contributed by atoms with van der Waals surface area (Å²) in [5.41, 5.74) is 2.51. The van der Waals surface area contributed by atoms with Crippen LogP contribution in [0.25, 0.3) is 0 Å². The van der Waals surface area contributed by atoms with Crippen LogP contribution in [0.5, 0.6) is 0 Å². The van der Waals surface area contributed by atoms with Gasteiger partial charge >= 0.3 is 0 Å². The first-order valence-corrected chi connectivity index (χ1v) is 7.65. The van der Waals surface area contributed by atoms with E-state index in [1.165, 1.54) is 41.4 Å². The van der Waals surface area contributed by atoms with E-state index in [2.05, 4.69) is 58.7 Å². The highest BCUT2D eigenvalue weighted by molar-refractivity contribution is 9.10. The van der Waals surface area contributed by atoms with E-state index in [0.29, 0.717) is 6.04 Å². The first-order chi connectivity index (χ1) is 8.69. The Bertz CT molecular complexity index is 392. The van der Waals surface area contributed by atoms with E-state index in [4.69, 9.17) is 0 Å². The lowest BCUT2D eigenvalue weighted by molar-refractivity contribution is 0.306. The maximum atomic E-state index is 3.62. The fraction of sp³-hybridized carbons (Fsp3) is 0.600. The first kappa shape index (κ1) is 13.9. The van der Waals surface area contributed by atoms with Gasteiger partial charge in [0.1, 0.15) is 0 Å². The lowest BCUT2D eigenvalue weighted by Crippen LogP contribution is -2.33. The minimum absolute atomic E-state index is 0.715. The molecular formula is C15H23BrN2. The summed E-state index contributed by atoms with van der Waals surface area (Å²) in [6, 6.07) is 7.20. The highest BCUT2D eigenvalue weighted by Gasteiger charge is 2.20. The van der Waals surface area contributed by atoms with Crippen LogP contribution in [-0.2, 0) is 0 Å². The van der Waals surface area contributed by atoms with Crippen molar-refractivity contribution in [3.63, 3.8) is 0 Å². The standard InChI is InChI=1S/C15H23BrN2/c1-11-6-7-15(14(16)8-11)18-10-12-4-3-5-13(9-12)17-2/h6-8,12-13,17-18H,3-5,9-10H2,1-2H3. The number of halogens is 1. The van der Waals surface area contributed by atoms with Crippen LogP contribution in [-0.4, -0.2) is 19.6 Å². The molecule has 0 saturated heterocycles. The Hall–Kier alpha value is -0.540. The van der Waals surface area contributed by atoms with Crippen molar-refractivity contribution >= 4 is 21.6 Å². The van der Waals surface area contributed by atoms with Crippen molar-refractivity contribution < 1.29 is 0 Å². The molecule has 1 aliphatic rings. The molecule has 0 amide bonds. The molecule has 2 N–H and O–H groups in total. The van der Waals surface area contributed by atoms with Crippen LogP contribution in [0.4, 0.5) is 5.69 Å². The Labute approximate surface area is 119 Å². The molecule has 1 aromatic rings. The molecule has 0 aromatic heterocycles. The molecule has 1 saturated carbocycles. The number of rotatable bonds is 4. The zero-order valence-corrected chi connectivity index (χ0v) is 12.9. The topological polar surface area (TPSA) is 24.1 Å². The Morgan fingerprint density at radius 1 is 1.33 bits per heavy atom. The third kappa shape index (κ3) is 3.72. The molecule has 3 heteroatoms. The van der Waals surface area contributed by atoms with E-state index in [9.17, 15) is 0 Å². The highest BCUT2D eigenvalue weighted by atomic mass is 79.9. The Morgan fingerprint density at radius 3 is 2.89 bits per heavy atom. The molecule has 18 heavy (non-hydrogen) atoms. The predicted molar refractivity (Wildman–Crippen MR) is 82.2 cm³/mol. The fourth-order valence-electron chi connectivity index (χ4n) is 2.76. The van der Waals surface area contributed by atoms with Crippen LogP contribution in [0.1, 0.15) is 31.2 Å². The smallest absolute Gasteiger partial charge is 0.0484 e. The number of benzene rings is 1. The van der Waals surface area contributed by atoms with Gasteiger partial charge in [-0.2, -0.15) is 0 Å². The van der Waals surface area contributed by atoms with Crippen molar-refractivity contribution in [2.75, 3.05) is 18.9 Å². The number of anilines is 1. The molecule has 0 spiro atoms. The first-order valence-electron chi connectivity index (χ1n) is 6.86. The second kappa shape index (κ2) is 6.58. The average Bonchev–Trinajstić information content (AvgIpc) is 2.38. The monoisotopic (exact) mass is 310 g/mol. The van der Waals surface area contributed by atoms with Gasteiger partial charge in [0.2, 0.25) is 0 Å². The SMILES string of the molecule is CNC1CCCC(CNc2ccc(C)cc2Br)C1. The van der Waals surface area contributed by atoms with Gasteiger partial charge in [-0.25, -0.2) is 0 Å². The van der Waals surface area contributed by atoms with Crippen molar-refractivity contribution in [1.82, 2.24) is 5.32 Å². The van der Waals surface area contributed by atoms with E-state index in [-0.39, 0.29) is 0 Å². The summed E-state index contributed by atoms with van der Waals surface area (Å²) < 4.78 is 1.17. The molecule has 1 fully saturated rings. The van der Waals surface area contributed by atoms with Crippen molar-refractivity contribution in [1.29, 1.82) is 0 Å². The quantitative estimate of drug-likeness (QED) is 0.880. The van der Waals surface area contributed by atoms with Crippen LogP contribution >= 0.6 is 15.9 Å². The Balaban J connectivity index is 1.87. The van der Waals surface area contributed by atoms with E-state index >= 15 is 0 Å². The van der Waals surface area contributed by atoms with Gasteiger partial charge in [0, 0.05) is 22.7 Å². The second-order valence-electron chi connectivity index (χ2n) is 5.38. The van der Waals surface area contributed by atoms with E-state index in [1.54, 1.807) is 0 Å². The van der Waals surface area contributed by atoms with Gasteiger partial charge in [0.05, 0.1) is 0 Å². The maximum Gasteiger partial charge on any atom is 0.0484 e. The zero-order valence-electron chi connectivity index (χ0n) is 11.3. The summed E-state index contributed by atoms with van der Waals surface area (Å²) in [6.07, 6.45) is 5.34. The molecule has 0 radical (unpaired) electrons. The third-order valence-corrected chi connectivity index (χ3v) is 4.55. The Kier molecular flexibility index (Phi) is 5.07. The van der Waals surface area contributed by atoms with Gasteiger partial charge < -0.3 is 10.6 Å². The van der Waals surface area contributed by atoms with E-state index in [0.717, 1.165) is 12.5 Å². The lowest BCUT2D eigenvalue weighted by Gasteiger charge is -2.29. The van der Waals surface area contributed by atoms with E-state index < -0.39 is 0 Å². The summed E-state index contributed by atoms with van der Waals surface area (Å²) >= 11 is 3.62. The minimum atomic E-state index is 0.715. The van der Waals surface area contributed by atoms with Crippen LogP contribution in [0.3, 0.4) is 0 Å². The molecule has 2 unspecified atom stereocenters. The van der Waals surface area contributed by atoms with Gasteiger partial charge in [0.15, 0.2) is 0 Å². The zero-order chi connectivity index (χ0) is 13.0. The fourth-order valence-corrected chi connectivity index (χ4v) is 3.39. The predicted octanol–water partition coefficient (Wildman–Crippen LogP) is 3.95. The molecular weight excluding hydrogens is 288 g/mol. The normalized spacial score (nSPS) is 23.9.